The van der Waals surface area contributed by atoms with Gasteiger partial charge in [0.05, 0.1) is 5.41 Å². The Bertz CT molecular complexity index is 621. The maximum Gasteiger partial charge on any atom is 0.173 e. The second-order valence-electron chi connectivity index (χ2n) is 5.47. The minimum atomic E-state index is -0.222. The number of Topliss-reactive ketones (excluding diaryl/α,β-unsaturated/α-hetero) is 1. The lowest BCUT2D eigenvalue weighted by Gasteiger charge is -2.52. The molecule has 1 saturated carbocycles. The Morgan fingerprint density at radius 2 is 1.56 bits per heavy atom. The van der Waals surface area contributed by atoms with Gasteiger partial charge < -0.3 is 0 Å². The normalized spacial score (nSPS) is 28.4. The minimum Gasteiger partial charge on any atom is -0.293 e. The SMILES string of the molecule is O=C1c2ccccc2C2CC1(c1ccccc1)C2. The number of hydrogen-bond donors (Lipinski definition) is 0. The highest BCUT2D eigenvalue weighted by Crippen LogP contribution is 2.58. The molecule has 0 radical (unpaired) electrons. The van der Waals surface area contributed by atoms with Crippen LogP contribution in [0.3, 0.4) is 0 Å². The average molecular weight is 234 g/mol. The molecule has 0 aliphatic heterocycles. The zero-order valence-electron chi connectivity index (χ0n) is 10.1. The first-order valence-electron chi connectivity index (χ1n) is 6.50. The van der Waals surface area contributed by atoms with Gasteiger partial charge >= 0.3 is 0 Å². The van der Waals surface area contributed by atoms with Gasteiger partial charge in [-0.05, 0) is 29.9 Å². The molecule has 3 aliphatic rings. The number of ketones is 1. The van der Waals surface area contributed by atoms with Gasteiger partial charge in [0.2, 0.25) is 0 Å². The largest absolute Gasteiger partial charge is 0.293 e. The fraction of sp³-hybridized carbons (Fsp3) is 0.235. The summed E-state index contributed by atoms with van der Waals surface area (Å²) in [7, 11) is 0. The monoisotopic (exact) mass is 234 g/mol. The van der Waals surface area contributed by atoms with Crippen LogP contribution in [0.2, 0.25) is 0 Å². The number of carbonyl (C=O) groups is 1. The molecule has 1 fully saturated rings. The molecule has 0 heterocycles. The van der Waals surface area contributed by atoms with E-state index in [4.69, 9.17) is 0 Å². The molecule has 5 rings (SSSR count). The molecule has 1 heteroatoms. The zero-order chi connectivity index (χ0) is 12.2. The summed E-state index contributed by atoms with van der Waals surface area (Å²) in [6, 6.07) is 18.4. The topological polar surface area (TPSA) is 17.1 Å². The molecule has 2 aromatic rings. The molecule has 0 saturated heterocycles. The van der Waals surface area contributed by atoms with Gasteiger partial charge in [0.25, 0.3) is 0 Å². The second-order valence-corrected chi connectivity index (χ2v) is 5.47. The summed E-state index contributed by atoms with van der Waals surface area (Å²) in [4.78, 5) is 12.8. The van der Waals surface area contributed by atoms with E-state index in [1.807, 2.05) is 36.4 Å². The van der Waals surface area contributed by atoms with Crippen LogP contribution in [0, 0.1) is 0 Å². The molecule has 0 spiro atoms. The van der Waals surface area contributed by atoms with Gasteiger partial charge in [-0.15, -0.1) is 0 Å². The van der Waals surface area contributed by atoms with Crippen LogP contribution in [-0.4, -0.2) is 5.78 Å². The van der Waals surface area contributed by atoms with E-state index in [1.54, 1.807) is 0 Å². The first-order valence-corrected chi connectivity index (χ1v) is 6.50. The second kappa shape index (κ2) is 3.32. The Morgan fingerprint density at radius 1 is 0.889 bits per heavy atom. The molecular weight excluding hydrogens is 220 g/mol. The summed E-state index contributed by atoms with van der Waals surface area (Å²) < 4.78 is 0. The van der Waals surface area contributed by atoms with Crippen molar-refractivity contribution in [2.45, 2.75) is 24.2 Å². The Kier molecular flexibility index (Phi) is 1.86. The van der Waals surface area contributed by atoms with Crippen molar-refractivity contribution in [3.8, 4) is 0 Å². The first-order chi connectivity index (χ1) is 8.81. The molecule has 0 aromatic heterocycles. The lowest BCUT2D eigenvalue weighted by atomic mass is 9.49. The quantitative estimate of drug-likeness (QED) is 0.735. The van der Waals surface area contributed by atoms with Crippen molar-refractivity contribution in [1.82, 2.24) is 0 Å². The fourth-order valence-electron chi connectivity index (χ4n) is 3.63. The van der Waals surface area contributed by atoms with Gasteiger partial charge in [0.15, 0.2) is 5.78 Å². The van der Waals surface area contributed by atoms with Gasteiger partial charge in [0, 0.05) is 5.56 Å². The highest BCUT2D eigenvalue weighted by atomic mass is 16.1. The summed E-state index contributed by atoms with van der Waals surface area (Å²) in [5.41, 5.74) is 3.19. The van der Waals surface area contributed by atoms with E-state index in [0.717, 1.165) is 18.4 Å². The van der Waals surface area contributed by atoms with Crippen LogP contribution in [-0.2, 0) is 5.41 Å². The summed E-state index contributed by atoms with van der Waals surface area (Å²) in [6.45, 7) is 0. The summed E-state index contributed by atoms with van der Waals surface area (Å²) in [5.74, 6) is 0.908. The number of carbonyl (C=O) groups excluding carboxylic acids is 1. The van der Waals surface area contributed by atoms with E-state index < -0.39 is 0 Å². The molecule has 88 valence electrons. The Morgan fingerprint density at radius 3 is 2.33 bits per heavy atom. The van der Waals surface area contributed by atoms with Gasteiger partial charge in [-0.2, -0.15) is 0 Å². The third-order valence-corrected chi connectivity index (χ3v) is 4.60. The number of hydrogen-bond acceptors (Lipinski definition) is 1. The Hall–Kier alpha value is -1.89. The Labute approximate surface area is 106 Å². The van der Waals surface area contributed by atoms with Crippen molar-refractivity contribution in [3.63, 3.8) is 0 Å². The zero-order valence-corrected chi connectivity index (χ0v) is 10.1. The molecule has 0 unspecified atom stereocenters. The molecule has 0 amide bonds. The van der Waals surface area contributed by atoms with Crippen LogP contribution in [0.5, 0.6) is 0 Å². The summed E-state index contributed by atoms with van der Waals surface area (Å²) in [6.07, 6.45) is 1.99. The smallest absolute Gasteiger partial charge is 0.173 e. The van der Waals surface area contributed by atoms with Crippen LogP contribution in [0.1, 0.15) is 40.2 Å². The van der Waals surface area contributed by atoms with Crippen molar-refractivity contribution < 1.29 is 4.79 Å². The fourth-order valence-corrected chi connectivity index (χ4v) is 3.63. The predicted molar refractivity (Wildman–Crippen MR) is 70.9 cm³/mol. The molecule has 2 bridgehead atoms. The van der Waals surface area contributed by atoms with E-state index in [0.29, 0.717) is 11.7 Å². The van der Waals surface area contributed by atoms with Crippen LogP contribution < -0.4 is 0 Å². The van der Waals surface area contributed by atoms with Gasteiger partial charge in [-0.3, -0.25) is 4.79 Å². The van der Waals surface area contributed by atoms with Gasteiger partial charge in [-0.25, -0.2) is 0 Å². The van der Waals surface area contributed by atoms with E-state index in [-0.39, 0.29) is 5.41 Å². The van der Waals surface area contributed by atoms with Crippen LogP contribution in [0.25, 0.3) is 0 Å². The maximum absolute atomic E-state index is 12.8. The standard InChI is InChI=1S/C17H14O/c18-16-15-9-5-4-8-14(15)12-10-17(16,11-12)13-6-2-1-3-7-13/h1-9,12H,10-11H2. The highest BCUT2D eigenvalue weighted by Gasteiger charge is 2.56. The molecule has 0 atom stereocenters. The van der Waals surface area contributed by atoms with E-state index >= 15 is 0 Å². The average Bonchev–Trinajstić information content (AvgIpc) is 2.39. The van der Waals surface area contributed by atoms with Crippen LogP contribution >= 0.6 is 0 Å². The van der Waals surface area contributed by atoms with E-state index in [2.05, 4.69) is 18.2 Å². The lowest BCUT2D eigenvalue weighted by Crippen LogP contribution is -2.51. The number of rotatable bonds is 1. The third kappa shape index (κ3) is 1.09. The summed E-state index contributed by atoms with van der Waals surface area (Å²) >= 11 is 0. The first kappa shape index (κ1) is 10.1. The molecule has 2 aromatic carbocycles. The van der Waals surface area contributed by atoms with E-state index in [9.17, 15) is 4.79 Å². The lowest BCUT2D eigenvalue weighted by molar-refractivity contribution is 0.0705. The van der Waals surface area contributed by atoms with Crippen molar-refractivity contribution in [2.24, 2.45) is 0 Å². The van der Waals surface area contributed by atoms with Crippen molar-refractivity contribution in [2.75, 3.05) is 0 Å². The number of benzene rings is 2. The highest BCUT2D eigenvalue weighted by molar-refractivity contribution is 6.08. The van der Waals surface area contributed by atoms with Crippen LogP contribution in [0.15, 0.2) is 54.6 Å². The van der Waals surface area contributed by atoms with Crippen molar-refractivity contribution in [3.05, 3.63) is 71.3 Å². The predicted octanol–water partition coefficient (Wildman–Crippen LogP) is 3.70. The third-order valence-electron chi connectivity index (χ3n) is 4.60. The van der Waals surface area contributed by atoms with E-state index in [1.165, 1.54) is 11.1 Å². The molecule has 1 nitrogen and oxygen atoms in total. The Balaban J connectivity index is 1.88. The minimum absolute atomic E-state index is 0.222. The molecule has 3 aliphatic carbocycles. The molecular formula is C17H14O. The van der Waals surface area contributed by atoms with Crippen LogP contribution in [0.4, 0.5) is 0 Å². The summed E-state index contributed by atoms with van der Waals surface area (Å²) in [5, 5.41) is 0. The van der Waals surface area contributed by atoms with Gasteiger partial charge in [-0.1, -0.05) is 54.6 Å². The van der Waals surface area contributed by atoms with Crippen molar-refractivity contribution >= 4 is 5.78 Å². The maximum atomic E-state index is 12.8. The molecule has 18 heavy (non-hydrogen) atoms. The van der Waals surface area contributed by atoms with Crippen molar-refractivity contribution in [1.29, 1.82) is 0 Å². The van der Waals surface area contributed by atoms with Gasteiger partial charge in [0.1, 0.15) is 0 Å². The molecule has 0 N–H and O–H groups in total.